The summed E-state index contributed by atoms with van der Waals surface area (Å²) in [5, 5.41) is 9.99. The molecular formula is C4H14In2N2O3. The molecule has 5 nitrogen and oxygen atoms in total. The van der Waals surface area contributed by atoms with Crippen LogP contribution >= 0.6 is 0 Å². The van der Waals surface area contributed by atoms with E-state index in [1.54, 1.807) is 7.05 Å². The second-order valence-electron chi connectivity index (χ2n) is 1.33. The molecular weight excluding hydrogens is 354 g/mol. The van der Waals surface area contributed by atoms with Gasteiger partial charge in [-0.1, -0.05) is 0 Å². The van der Waals surface area contributed by atoms with E-state index in [9.17, 15) is 4.79 Å². The Balaban J connectivity index is -0.0000000965. The zero-order valence-electron chi connectivity index (χ0n) is 7.34. The van der Waals surface area contributed by atoms with Crippen molar-refractivity contribution >= 4 is 56.1 Å². The minimum absolute atomic E-state index is 0.153. The molecule has 1 amide bonds. The Labute approximate surface area is 95.2 Å². The molecule has 0 heterocycles. The maximum absolute atomic E-state index is 9.79. The van der Waals surface area contributed by atoms with Gasteiger partial charge in [0.25, 0.3) is 0 Å². The number of hydrogen-bond donors (Lipinski definition) is 3. The van der Waals surface area contributed by atoms with Crippen LogP contribution in [-0.2, 0) is 0 Å². The summed E-state index contributed by atoms with van der Waals surface area (Å²) in [6.07, 6.45) is 0. The number of amides is 1. The molecule has 64 valence electrons. The van der Waals surface area contributed by atoms with Crippen molar-refractivity contribution in [3.63, 3.8) is 0 Å². The van der Waals surface area contributed by atoms with Crippen LogP contribution < -0.4 is 11.1 Å². The van der Waals surface area contributed by atoms with Gasteiger partial charge in [-0.2, -0.15) is 0 Å². The summed E-state index contributed by atoms with van der Waals surface area (Å²) in [6.45, 7) is 0. The van der Waals surface area contributed by atoms with E-state index < -0.39 is 3.73 Å². The Morgan fingerprint density at radius 3 is 1.45 bits per heavy atom. The van der Waals surface area contributed by atoms with Crippen LogP contribution in [-0.4, -0.2) is 75.3 Å². The Morgan fingerprint density at radius 2 is 1.45 bits per heavy atom. The normalized spacial score (nSPS) is 5.73. The van der Waals surface area contributed by atoms with Crippen molar-refractivity contribution in [1.29, 1.82) is 0 Å². The molecule has 4 N–H and O–H groups in total. The third-order valence-corrected chi connectivity index (χ3v) is 1.78. The van der Waals surface area contributed by atoms with E-state index >= 15 is 0 Å². The zero-order chi connectivity index (χ0) is 9.86. The van der Waals surface area contributed by atoms with Gasteiger partial charge in [-0.3, -0.25) is 0 Å². The van der Waals surface area contributed by atoms with E-state index in [0.29, 0.717) is 0 Å². The van der Waals surface area contributed by atoms with Crippen LogP contribution in [0.2, 0.25) is 0 Å². The minimum atomic E-state index is -0.623. The molecule has 0 fully saturated rings. The van der Waals surface area contributed by atoms with Crippen molar-refractivity contribution in [2.75, 3.05) is 14.1 Å². The fourth-order valence-electron chi connectivity index (χ4n) is 0. The average Bonchev–Trinajstić information content (AvgIpc) is 1.91. The number of nitrogens with two attached hydrogens (primary N) is 1. The van der Waals surface area contributed by atoms with E-state index in [-0.39, 0.29) is 52.4 Å². The predicted molar refractivity (Wildman–Crippen MR) is 49.7 cm³/mol. The summed E-state index contributed by atoms with van der Waals surface area (Å²) in [7, 11) is 3.15. The summed E-state index contributed by atoms with van der Waals surface area (Å²) < 4.78 is -0.409. The molecule has 0 atom stereocenters. The standard InChI is InChI=1S/C2H4NO.CH5N.CHO2.2In.4H/c1-3-2-4;1-2;2-1-3;;;;;;/h1H3,(H,3,4);2H2,1H3;(H,2,3);;;;;;. The number of rotatable bonds is 0. The van der Waals surface area contributed by atoms with Gasteiger partial charge in [0.05, 0.1) is 0 Å². The predicted octanol–water partition coefficient (Wildman–Crippen LogP) is -2.17. The van der Waals surface area contributed by atoms with Crippen LogP contribution in [0.15, 0.2) is 0 Å². The first-order valence-electron chi connectivity index (χ1n) is 2.96. The molecule has 0 aliphatic rings. The summed E-state index contributed by atoms with van der Waals surface area (Å²) >= 11 is 0.0297. The van der Waals surface area contributed by atoms with Crippen molar-refractivity contribution in [3.05, 3.63) is 0 Å². The van der Waals surface area contributed by atoms with E-state index in [0.717, 1.165) is 0 Å². The van der Waals surface area contributed by atoms with Crippen molar-refractivity contribution < 1.29 is 14.7 Å². The van der Waals surface area contributed by atoms with E-state index in [4.69, 9.17) is 9.90 Å². The van der Waals surface area contributed by atoms with Crippen molar-refractivity contribution in [2.24, 2.45) is 5.73 Å². The van der Waals surface area contributed by atoms with Crippen LogP contribution in [0.1, 0.15) is 0 Å². The number of nitrogens with one attached hydrogen (secondary N) is 1. The Morgan fingerprint density at radius 1 is 1.36 bits per heavy atom. The molecule has 0 saturated heterocycles. The maximum atomic E-state index is 9.79. The second kappa shape index (κ2) is 16.9. The van der Waals surface area contributed by atoms with Gasteiger partial charge in [-0.15, -0.1) is 0 Å². The zero-order valence-corrected chi connectivity index (χ0v) is 18.8. The molecule has 0 aromatic heterocycles. The van der Waals surface area contributed by atoms with Gasteiger partial charge < -0.3 is 5.73 Å². The van der Waals surface area contributed by atoms with Gasteiger partial charge in [0.15, 0.2) is 0 Å². The van der Waals surface area contributed by atoms with E-state index in [1.807, 2.05) is 0 Å². The van der Waals surface area contributed by atoms with Crippen LogP contribution in [0, 0.1) is 0 Å². The summed E-state index contributed by atoms with van der Waals surface area (Å²) in [6, 6.07) is 0. The van der Waals surface area contributed by atoms with Gasteiger partial charge in [-0.25, -0.2) is 0 Å². The Kier molecular flexibility index (Phi) is 27.2. The number of hydrogen-bond acceptors (Lipinski definition) is 3. The molecule has 0 bridgehead atoms. The topological polar surface area (TPSA) is 92.4 Å². The van der Waals surface area contributed by atoms with Crippen molar-refractivity contribution in [2.45, 2.75) is 0 Å². The van der Waals surface area contributed by atoms with Crippen molar-refractivity contribution in [3.8, 4) is 0 Å². The fourth-order valence-corrected chi connectivity index (χ4v) is 0. The van der Waals surface area contributed by atoms with Crippen LogP contribution in [0.25, 0.3) is 0 Å². The third-order valence-electron chi connectivity index (χ3n) is 0.352. The second-order valence-corrected chi connectivity index (χ2v) is 6.36. The average molecular weight is 368 g/mol. The van der Waals surface area contributed by atoms with Crippen LogP contribution in [0.3, 0.4) is 0 Å². The summed E-state index contributed by atoms with van der Waals surface area (Å²) in [5.41, 5.74) is 4.50. The summed E-state index contributed by atoms with van der Waals surface area (Å²) in [4.78, 5) is 18.9. The third kappa shape index (κ3) is 114. The summed E-state index contributed by atoms with van der Waals surface area (Å²) in [5.74, 6) is 0. The molecule has 0 aliphatic carbocycles. The van der Waals surface area contributed by atoms with Crippen LogP contribution in [0.4, 0.5) is 9.59 Å². The van der Waals surface area contributed by atoms with Crippen LogP contribution in [0.5, 0.6) is 0 Å². The molecule has 0 unspecified atom stereocenters. The van der Waals surface area contributed by atoms with Gasteiger partial charge in [-0.05, 0) is 7.05 Å². The quantitative estimate of drug-likeness (QED) is 0.454. The van der Waals surface area contributed by atoms with E-state index in [1.165, 1.54) is 7.05 Å². The molecule has 0 saturated carbocycles. The molecule has 11 heavy (non-hydrogen) atoms. The first-order chi connectivity index (χ1) is 5.00. The van der Waals surface area contributed by atoms with Gasteiger partial charge in [0, 0.05) is 0 Å². The molecule has 0 aromatic rings. The first-order valence-corrected chi connectivity index (χ1v) is 8.67. The molecule has 0 aromatic carbocycles. The van der Waals surface area contributed by atoms with Gasteiger partial charge in [0.1, 0.15) is 0 Å². The van der Waals surface area contributed by atoms with Gasteiger partial charge >= 0.3 is 83.2 Å². The Bertz CT molecular complexity index is 106. The fraction of sp³-hybridized carbons (Fsp3) is 0.500. The molecule has 0 spiro atoms. The number of carbonyl (C=O) groups is 2. The van der Waals surface area contributed by atoms with Crippen molar-refractivity contribution in [1.82, 2.24) is 5.32 Å². The Hall–Kier alpha value is 0.640. The first kappa shape index (κ1) is 17.7. The number of carboxylic acid groups (broad SMARTS) is 1. The number of carbonyl (C=O) groups excluding carboxylic acids is 1. The monoisotopic (exact) mass is 368 g/mol. The van der Waals surface area contributed by atoms with Gasteiger partial charge in [0.2, 0.25) is 0 Å². The molecule has 7 heteroatoms. The molecule has 0 aliphatic heterocycles. The SMILES string of the molecule is CN.CN[C](=O)[InH2].O=[C](O)[InH2]. The molecule has 0 rings (SSSR count). The van der Waals surface area contributed by atoms with E-state index in [2.05, 4.69) is 11.1 Å². The molecule has 0 radical (unpaired) electrons.